The van der Waals surface area contributed by atoms with Gasteiger partial charge >= 0.3 is 0 Å². The third-order valence-corrected chi connectivity index (χ3v) is 6.62. The molecule has 32 heavy (non-hydrogen) atoms. The molecule has 0 spiro atoms. The van der Waals surface area contributed by atoms with E-state index in [0.717, 1.165) is 60.8 Å². The molecule has 0 radical (unpaired) electrons. The van der Waals surface area contributed by atoms with Crippen LogP contribution in [0, 0.1) is 6.57 Å². The normalized spacial score (nSPS) is 12.9. The minimum atomic E-state index is 0.240. The SMILES string of the molecule is [C-]#[N+]c1ccc2c(c1)c1cc3c(oc4ccccc43)c3c1n2-c1ccccc1N3C(C)C. The quantitative estimate of drug-likeness (QED) is 0.255. The molecule has 3 heterocycles. The van der Waals surface area contributed by atoms with Crippen LogP contribution in [0.3, 0.4) is 0 Å². The Morgan fingerprint density at radius 1 is 0.812 bits per heavy atom. The molecule has 7 rings (SSSR count). The average molecular weight is 413 g/mol. The van der Waals surface area contributed by atoms with Crippen LogP contribution in [0.25, 0.3) is 54.3 Å². The van der Waals surface area contributed by atoms with E-state index in [2.05, 4.69) is 76.7 Å². The number of anilines is 2. The summed E-state index contributed by atoms with van der Waals surface area (Å²) in [5.41, 5.74) is 8.13. The van der Waals surface area contributed by atoms with E-state index in [4.69, 9.17) is 11.0 Å². The van der Waals surface area contributed by atoms with Crippen molar-refractivity contribution in [2.24, 2.45) is 0 Å². The Hall–Kier alpha value is -4.23. The largest absolute Gasteiger partial charge is 0.454 e. The van der Waals surface area contributed by atoms with Gasteiger partial charge in [0, 0.05) is 22.2 Å². The first-order valence-corrected chi connectivity index (χ1v) is 10.9. The van der Waals surface area contributed by atoms with E-state index in [1.165, 1.54) is 0 Å². The smallest absolute Gasteiger partial charge is 0.188 e. The lowest BCUT2D eigenvalue weighted by Crippen LogP contribution is -2.29. The third kappa shape index (κ3) is 2.01. The van der Waals surface area contributed by atoms with Crippen LogP contribution in [0.4, 0.5) is 17.1 Å². The van der Waals surface area contributed by atoms with Crippen LogP contribution in [0.2, 0.25) is 0 Å². The highest BCUT2D eigenvalue weighted by Gasteiger charge is 2.32. The Morgan fingerprint density at radius 3 is 2.41 bits per heavy atom. The molecule has 4 nitrogen and oxygen atoms in total. The Labute approximate surface area is 184 Å². The number of furan rings is 1. The molecule has 6 aromatic rings. The Kier molecular flexibility index (Phi) is 3.23. The first-order chi connectivity index (χ1) is 15.7. The molecular formula is C28H19N3O. The molecule has 2 aromatic heterocycles. The van der Waals surface area contributed by atoms with Crippen LogP contribution in [0.5, 0.6) is 0 Å². The van der Waals surface area contributed by atoms with Crippen molar-refractivity contribution in [3.8, 4) is 5.69 Å². The van der Waals surface area contributed by atoms with Crippen LogP contribution in [-0.2, 0) is 0 Å². The van der Waals surface area contributed by atoms with Crippen molar-refractivity contribution < 1.29 is 4.42 Å². The van der Waals surface area contributed by atoms with E-state index in [1.54, 1.807) is 0 Å². The lowest BCUT2D eigenvalue weighted by molar-refractivity contribution is 0.664. The molecule has 0 unspecified atom stereocenters. The van der Waals surface area contributed by atoms with Crippen molar-refractivity contribution in [1.29, 1.82) is 0 Å². The highest BCUT2D eigenvalue weighted by atomic mass is 16.3. The third-order valence-electron chi connectivity index (χ3n) is 6.62. The summed E-state index contributed by atoms with van der Waals surface area (Å²) in [4.78, 5) is 6.10. The molecule has 4 aromatic carbocycles. The lowest BCUT2D eigenvalue weighted by Gasteiger charge is -2.35. The average Bonchev–Trinajstić information content (AvgIpc) is 3.35. The number of nitrogens with zero attached hydrogens (tertiary/aromatic N) is 3. The zero-order valence-electron chi connectivity index (χ0n) is 17.8. The fourth-order valence-electron chi connectivity index (χ4n) is 5.38. The predicted molar refractivity (Wildman–Crippen MR) is 132 cm³/mol. The molecule has 0 bridgehead atoms. The molecule has 0 saturated heterocycles. The van der Waals surface area contributed by atoms with E-state index in [9.17, 15) is 0 Å². The first-order valence-electron chi connectivity index (χ1n) is 10.9. The van der Waals surface area contributed by atoms with Crippen molar-refractivity contribution in [3.63, 3.8) is 0 Å². The Balaban J connectivity index is 1.82. The van der Waals surface area contributed by atoms with Gasteiger partial charge in [-0.3, -0.25) is 0 Å². The standard InChI is InChI=1S/C28H19N3O/c1-16(2)30-23-9-5-6-10-24(23)31-22-13-12-17(29-3)14-19(22)20-15-21-18-8-4-7-11-25(18)32-28(21)27(30)26(20)31/h4-16H,1-2H3. The number of aromatic nitrogens is 1. The minimum Gasteiger partial charge on any atom is -0.454 e. The monoisotopic (exact) mass is 413 g/mol. The molecule has 0 saturated carbocycles. The molecule has 0 atom stereocenters. The first kappa shape index (κ1) is 17.5. The number of benzene rings is 4. The number of rotatable bonds is 1. The van der Waals surface area contributed by atoms with Gasteiger partial charge < -0.3 is 13.9 Å². The van der Waals surface area contributed by atoms with E-state index < -0.39 is 0 Å². The zero-order chi connectivity index (χ0) is 21.6. The summed E-state index contributed by atoms with van der Waals surface area (Å²) in [5.74, 6) is 0. The Morgan fingerprint density at radius 2 is 1.59 bits per heavy atom. The van der Waals surface area contributed by atoms with E-state index >= 15 is 0 Å². The fourth-order valence-corrected chi connectivity index (χ4v) is 5.38. The summed E-state index contributed by atoms with van der Waals surface area (Å²) in [6, 6.07) is 25.3. The molecule has 0 aliphatic carbocycles. The van der Waals surface area contributed by atoms with Crippen LogP contribution >= 0.6 is 0 Å². The van der Waals surface area contributed by atoms with E-state index in [-0.39, 0.29) is 6.04 Å². The number of para-hydroxylation sites is 3. The minimum absolute atomic E-state index is 0.240. The highest BCUT2D eigenvalue weighted by molar-refractivity contribution is 6.25. The van der Waals surface area contributed by atoms with Gasteiger partial charge in [0.2, 0.25) is 0 Å². The maximum atomic E-state index is 7.55. The van der Waals surface area contributed by atoms with Crippen molar-refractivity contribution in [2.45, 2.75) is 19.9 Å². The van der Waals surface area contributed by atoms with Crippen LogP contribution < -0.4 is 4.90 Å². The molecular weight excluding hydrogens is 394 g/mol. The summed E-state index contributed by atoms with van der Waals surface area (Å²) >= 11 is 0. The Bertz CT molecular complexity index is 1780. The molecule has 1 aliphatic heterocycles. The number of hydrogen-bond donors (Lipinski definition) is 0. The molecule has 0 amide bonds. The van der Waals surface area contributed by atoms with E-state index in [0.29, 0.717) is 5.69 Å². The zero-order valence-corrected chi connectivity index (χ0v) is 17.8. The van der Waals surface area contributed by atoms with Gasteiger partial charge in [0.25, 0.3) is 0 Å². The summed E-state index contributed by atoms with van der Waals surface area (Å²) < 4.78 is 8.85. The molecule has 1 aliphatic rings. The summed E-state index contributed by atoms with van der Waals surface area (Å²) in [6.45, 7) is 12.0. The van der Waals surface area contributed by atoms with Crippen LogP contribution in [-0.4, -0.2) is 10.6 Å². The summed E-state index contributed by atoms with van der Waals surface area (Å²) in [5, 5.41) is 4.48. The van der Waals surface area contributed by atoms with Crippen LogP contribution in [0.1, 0.15) is 13.8 Å². The van der Waals surface area contributed by atoms with Gasteiger partial charge in [-0.05, 0) is 55.6 Å². The summed E-state index contributed by atoms with van der Waals surface area (Å²) in [7, 11) is 0. The fraction of sp³-hybridized carbons (Fsp3) is 0.107. The van der Waals surface area contributed by atoms with Crippen molar-refractivity contribution in [1.82, 2.24) is 4.57 Å². The van der Waals surface area contributed by atoms with Gasteiger partial charge in [0.05, 0.1) is 29.0 Å². The van der Waals surface area contributed by atoms with Gasteiger partial charge in [-0.25, -0.2) is 4.85 Å². The second-order valence-corrected chi connectivity index (χ2v) is 8.70. The molecule has 152 valence electrons. The van der Waals surface area contributed by atoms with Crippen molar-refractivity contribution in [2.75, 3.05) is 4.90 Å². The molecule has 0 fully saturated rings. The predicted octanol–water partition coefficient (Wildman–Crippen LogP) is 8.09. The lowest BCUT2D eigenvalue weighted by atomic mass is 10.0. The maximum absolute atomic E-state index is 7.55. The van der Waals surface area contributed by atoms with Gasteiger partial charge in [-0.15, -0.1) is 0 Å². The molecule has 0 N–H and O–H groups in total. The van der Waals surface area contributed by atoms with Gasteiger partial charge in [0.15, 0.2) is 11.3 Å². The van der Waals surface area contributed by atoms with Crippen molar-refractivity contribution >= 4 is 60.8 Å². The van der Waals surface area contributed by atoms with Gasteiger partial charge in [-0.1, -0.05) is 36.4 Å². The van der Waals surface area contributed by atoms with Crippen LogP contribution in [0.15, 0.2) is 77.2 Å². The summed E-state index contributed by atoms with van der Waals surface area (Å²) in [6.07, 6.45) is 0. The van der Waals surface area contributed by atoms with Gasteiger partial charge in [-0.2, -0.15) is 0 Å². The number of hydrogen-bond acceptors (Lipinski definition) is 2. The maximum Gasteiger partial charge on any atom is 0.188 e. The van der Waals surface area contributed by atoms with Crippen molar-refractivity contribution in [3.05, 3.63) is 84.2 Å². The second-order valence-electron chi connectivity index (χ2n) is 8.70. The van der Waals surface area contributed by atoms with E-state index in [1.807, 2.05) is 24.3 Å². The number of fused-ring (bicyclic) bond motifs is 9. The highest BCUT2D eigenvalue weighted by Crippen LogP contribution is 2.52. The molecule has 4 heteroatoms. The van der Waals surface area contributed by atoms with Gasteiger partial charge in [0.1, 0.15) is 11.3 Å². The topological polar surface area (TPSA) is 25.7 Å². The second kappa shape index (κ2) is 5.93.